The van der Waals surface area contributed by atoms with Crippen molar-refractivity contribution in [1.82, 2.24) is 14.5 Å². The fourth-order valence-electron chi connectivity index (χ4n) is 5.04. The van der Waals surface area contributed by atoms with Crippen LogP contribution in [0.4, 0.5) is 0 Å². The van der Waals surface area contributed by atoms with E-state index in [1.807, 2.05) is 11.0 Å². The summed E-state index contributed by atoms with van der Waals surface area (Å²) in [6.45, 7) is 3.10. The molecule has 0 spiro atoms. The summed E-state index contributed by atoms with van der Waals surface area (Å²) in [5, 5.41) is 0. The molecule has 2 fully saturated rings. The van der Waals surface area contributed by atoms with Gasteiger partial charge in [-0.05, 0) is 49.9 Å². The molecule has 1 amide bonds. The first-order valence-electron chi connectivity index (χ1n) is 11.8. The number of piperidine rings is 1. The van der Waals surface area contributed by atoms with Gasteiger partial charge in [0.05, 0.1) is 37.9 Å². The van der Waals surface area contributed by atoms with Crippen LogP contribution in [-0.2, 0) is 11.3 Å². The number of carbonyl (C=O) groups is 1. The van der Waals surface area contributed by atoms with Crippen LogP contribution in [-0.4, -0.2) is 60.4 Å². The number of amides is 1. The second-order valence-electron chi connectivity index (χ2n) is 8.87. The molecule has 5 rings (SSSR count). The third kappa shape index (κ3) is 4.42. The third-order valence-corrected chi connectivity index (χ3v) is 6.84. The highest BCUT2D eigenvalue weighted by atomic mass is 16.5. The SMILES string of the molecule is COc1cc(OC)cc(C(=O)N2CCC(c3nc4ccccc4n3CC3CCCO3)CC2)c1. The van der Waals surface area contributed by atoms with E-state index in [1.54, 1.807) is 32.4 Å². The van der Waals surface area contributed by atoms with Crippen molar-refractivity contribution in [1.29, 1.82) is 0 Å². The Hall–Kier alpha value is -3.06. The molecule has 2 aliphatic rings. The van der Waals surface area contributed by atoms with Gasteiger partial charge in [0.2, 0.25) is 0 Å². The Labute approximate surface area is 194 Å². The number of para-hydroxylation sites is 2. The molecule has 7 heteroatoms. The number of fused-ring (bicyclic) bond motifs is 1. The van der Waals surface area contributed by atoms with Gasteiger partial charge in [-0.1, -0.05) is 12.1 Å². The zero-order valence-electron chi connectivity index (χ0n) is 19.3. The van der Waals surface area contributed by atoms with E-state index in [2.05, 4.69) is 22.8 Å². The number of rotatable bonds is 6. The normalized spacial score (nSPS) is 19.2. The number of likely N-dealkylation sites (tertiary alicyclic amines) is 1. The Morgan fingerprint density at radius 3 is 2.45 bits per heavy atom. The first-order chi connectivity index (χ1) is 16.2. The quantitative estimate of drug-likeness (QED) is 0.563. The number of carbonyl (C=O) groups excluding carboxylic acids is 1. The zero-order valence-corrected chi connectivity index (χ0v) is 19.3. The number of hydrogen-bond acceptors (Lipinski definition) is 5. The second-order valence-corrected chi connectivity index (χ2v) is 8.87. The van der Waals surface area contributed by atoms with E-state index in [0.29, 0.717) is 36.1 Å². The van der Waals surface area contributed by atoms with Crippen LogP contribution in [0.25, 0.3) is 11.0 Å². The molecule has 3 heterocycles. The van der Waals surface area contributed by atoms with Gasteiger partial charge in [0.15, 0.2) is 0 Å². The van der Waals surface area contributed by atoms with Crippen LogP contribution >= 0.6 is 0 Å². The van der Waals surface area contributed by atoms with E-state index in [4.69, 9.17) is 19.2 Å². The number of imidazole rings is 1. The Morgan fingerprint density at radius 1 is 1.06 bits per heavy atom. The maximum absolute atomic E-state index is 13.2. The molecule has 1 aromatic heterocycles. The first-order valence-corrected chi connectivity index (χ1v) is 11.8. The van der Waals surface area contributed by atoms with Gasteiger partial charge in [0.1, 0.15) is 17.3 Å². The third-order valence-electron chi connectivity index (χ3n) is 6.84. The minimum atomic E-state index is 0.0125. The number of benzene rings is 2. The van der Waals surface area contributed by atoms with Crippen LogP contribution < -0.4 is 9.47 Å². The van der Waals surface area contributed by atoms with Crippen molar-refractivity contribution in [2.75, 3.05) is 33.9 Å². The highest BCUT2D eigenvalue weighted by Crippen LogP contribution is 2.32. The van der Waals surface area contributed by atoms with E-state index in [9.17, 15) is 4.79 Å². The summed E-state index contributed by atoms with van der Waals surface area (Å²) in [6.07, 6.45) is 4.26. The Balaban J connectivity index is 1.33. The Kier molecular flexibility index (Phi) is 6.22. The predicted octanol–water partition coefficient (Wildman–Crippen LogP) is 4.25. The van der Waals surface area contributed by atoms with Gasteiger partial charge in [0, 0.05) is 37.2 Å². The minimum absolute atomic E-state index is 0.0125. The summed E-state index contributed by atoms with van der Waals surface area (Å²) < 4.78 is 19.0. The summed E-state index contributed by atoms with van der Waals surface area (Å²) in [5.41, 5.74) is 2.80. The van der Waals surface area contributed by atoms with Crippen molar-refractivity contribution in [3.63, 3.8) is 0 Å². The largest absolute Gasteiger partial charge is 0.497 e. The molecule has 33 heavy (non-hydrogen) atoms. The summed E-state index contributed by atoms with van der Waals surface area (Å²) in [5.74, 6) is 2.70. The molecule has 7 nitrogen and oxygen atoms in total. The fourth-order valence-corrected chi connectivity index (χ4v) is 5.04. The van der Waals surface area contributed by atoms with Crippen molar-refractivity contribution < 1.29 is 19.0 Å². The number of ether oxygens (including phenoxy) is 3. The van der Waals surface area contributed by atoms with E-state index >= 15 is 0 Å². The molecule has 0 radical (unpaired) electrons. The van der Waals surface area contributed by atoms with Crippen LogP contribution in [0.15, 0.2) is 42.5 Å². The highest BCUT2D eigenvalue weighted by molar-refractivity contribution is 5.95. The molecule has 2 aromatic carbocycles. The van der Waals surface area contributed by atoms with Gasteiger partial charge in [-0.3, -0.25) is 4.79 Å². The molecule has 2 saturated heterocycles. The number of aromatic nitrogens is 2. The molecular formula is C26H31N3O4. The summed E-state index contributed by atoms with van der Waals surface area (Å²) in [6, 6.07) is 13.7. The molecule has 0 saturated carbocycles. The summed E-state index contributed by atoms with van der Waals surface area (Å²) >= 11 is 0. The first kappa shape index (κ1) is 21.8. The Bertz CT molecular complexity index is 1110. The maximum Gasteiger partial charge on any atom is 0.254 e. The number of nitrogens with zero attached hydrogens (tertiary/aromatic N) is 3. The van der Waals surface area contributed by atoms with Gasteiger partial charge >= 0.3 is 0 Å². The number of methoxy groups -OCH3 is 2. The topological polar surface area (TPSA) is 65.8 Å². The van der Waals surface area contributed by atoms with Crippen LogP contribution in [0.1, 0.15) is 47.8 Å². The average Bonchev–Trinajstić information content (AvgIpc) is 3.52. The molecular weight excluding hydrogens is 418 g/mol. The van der Waals surface area contributed by atoms with E-state index < -0.39 is 0 Å². The average molecular weight is 450 g/mol. The van der Waals surface area contributed by atoms with Crippen molar-refractivity contribution in [2.45, 2.75) is 44.2 Å². The lowest BCUT2D eigenvalue weighted by Crippen LogP contribution is -2.38. The maximum atomic E-state index is 13.2. The number of hydrogen-bond donors (Lipinski definition) is 0. The molecule has 1 atom stereocenters. The standard InChI is InChI=1S/C26H31N3O4/c1-31-21-14-19(15-22(16-21)32-2)26(30)28-11-9-18(10-12-28)25-27-23-7-3-4-8-24(23)29(25)17-20-6-5-13-33-20/h3-4,7-8,14-16,18,20H,5-6,9-13,17H2,1-2H3. The van der Waals surface area contributed by atoms with Gasteiger partial charge in [0.25, 0.3) is 5.91 Å². The molecule has 0 bridgehead atoms. The second kappa shape index (κ2) is 9.43. The van der Waals surface area contributed by atoms with Crippen molar-refractivity contribution >= 4 is 16.9 Å². The molecule has 0 N–H and O–H groups in total. The van der Waals surface area contributed by atoms with Crippen molar-refractivity contribution in [3.8, 4) is 11.5 Å². The zero-order chi connectivity index (χ0) is 22.8. The van der Waals surface area contributed by atoms with Crippen LogP contribution in [0, 0.1) is 0 Å². The predicted molar refractivity (Wildman–Crippen MR) is 126 cm³/mol. The van der Waals surface area contributed by atoms with Crippen molar-refractivity contribution in [2.24, 2.45) is 0 Å². The van der Waals surface area contributed by atoms with Gasteiger partial charge in [-0.25, -0.2) is 4.98 Å². The van der Waals surface area contributed by atoms with E-state index in [1.165, 1.54) is 5.52 Å². The monoisotopic (exact) mass is 449 g/mol. The van der Waals surface area contributed by atoms with Crippen LogP contribution in [0.2, 0.25) is 0 Å². The van der Waals surface area contributed by atoms with E-state index in [-0.39, 0.29) is 12.0 Å². The molecule has 3 aromatic rings. The van der Waals surface area contributed by atoms with Crippen LogP contribution in [0.5, 0.6) is 11.5 Å². The smallest absolute Gasteiger partial charge is 0.254 e. The van der Waals surface area contributed by atoms with Gasteiger partial charge in [-0.2, -0.15) is 0 Å². The lowest BCUT2D eigenvalue weighted by molar-refractivity contribution is 0.0707. The molecule has 1 unspecified atom stereocenters. The lowest BCUT2D eigenvalue weighted by Gasteiger charge is -2.32. The van der Waals surface area contributed by atoms with E-state index in [0.717, 1.165) is 50.2 Å². The summed E-state index contributed by atoms with van der Waals surface area (Å²) in [7, 11) is 3.19. The van der Waals surface area contributed by atoms with Crippen LogP contribution in [0.3, 0.4) is 0 Å². The molecule has 0 aliphatic carbocycles. The van der Waals surface area contributed by atoms with Gasteiger partial charge < -0.3 is 23.7 Å². The lowest BCUT2D eigenvalue weighted by atomic mass is 9.95. The summed E-state index contributed by atoms with van der Waals surface area (Å²) in [4.78, 5) is 20.1. The van der Waals surface area contributed by atoms with Gasteiger partial charge in [-0.15, -0.1) is 0 Å². The minimum Gasteiger partial charge on any atom is -0.497 e. The molecule has 2 aliphatic heterocycles. The van der Waals surface area contributed by atoms with Crippen molar-refractivity contribution in [3.05, 3.63) is 53.9 Å². The Morgan fingerprint density at radius 2 is 1.79 bits per heavy atom. The fraction of sp³-hybridized carbons (Fsp3) is 0.462. The highest BCUT2D eigenvalue weighted by Gasteiger charge is 2.29. The molecule has 174 valence electrons.